The van der Waals surface area contributed by atoms with E-state index in [0.29, 0.717) is 0 Å². The Morgan fingerprint density at radius 1 is 0.289 bits per heavy atom. The molecule has 0 bridgehead atoms. The number of imidazole rings is 1. The maximum atomic E-state index is 5.30. The highest BCUT2D eigenvalue weighted by molar-refractivity contribution is 6.24. The Balaban J connectivity index is 0.771. The molecule has 2 aliphatic rings. The number of nitrogens with zero attached hydrogens (tertiary/aromatic N) is 2. The lowest BCUT2D eigenvalue weighted by molar-refractivity contribution is 0.917. The van der Waals surface area contributed by atoms with Crippen molar-refractivity contribution in [1.82, 2.24) is 9.55 Å². The van der Waals surface area contributed by atoms with Gasteiger partial charge in [0.1, 0.15) is 5.82 Å². The summed E-state index contributed by atoms with van der Waals surface area (Å²) in [5.74, 6) is 1.04. The summed E-state index contributed by atoms with van der Waals surface area (Å²) in [6.07, 6.45) is 15.3. The molecule has 17 rings (SSSR count). The Bertz CT molecular complexity index is 5280. The first-order valence-corrected chi connectivity index (χ1v) is 29.3. The third kappa shape index (κ3) is 7.82. The van der Waals surface area contributed by atoms with Crippen LogP contribution < -0.4 is 0 Å². The summed E-state index contributed by atoms with van der Waals surface area (Å²) in [6, 6.07) is 93.5. The highest BCUT2D eigenvalue weighted by Crippen LogP contribution is 2.48. The van der Waals surface area contributed by atoms with Gasteiger partial charge in [-0.1, -0.05) is 224 Å². The van der Waals surface area contributed by atoms with Crippen LogP contribution in [-0.4, -0.2) is 9.55 Å². The van der Waals surface area contributed by atoms with Gasteiger partial charge in [0.2, 0.25) is 0 Å². The van der Waals surface area contributed by atoms with E-state index < -0.39 is 0 Å². The van der Waals surface area contributed by atoms with Gasteiger partial charge in [-0.15, -0.1) is 0 Å². The van der Waals surface area contributed by atoms with Gasteiger partial charge in [0.15, 0.2) is 0 Å². The lowest BCUT2D eigenvalue weighted by atomic mass is 9.84. The van der Waals surface area contributed by atoms with Gasteiger partial charge in [0.25, 0.3) is 0 Å². The molecule has 1 aromatic heterocycles. The van der Waals surface area contributed by atoms with Gasteiger partial charge >= 0.3 is 0 Å². The van der Waals surface area contributed by atoms with Crippen LogP contribution in [0.3, 0.4) is 0 Å². The first-order valence-electron chi connectivity index (χ1n) is 29.3. The molecule has 2 nitrogen and oxygen atoms in total. The molecule has 2 aliphatic carbocycles. The van der Waals surface area contributed by atoms with Crippen molar-refractivity contribution in [2.45, 2.75) is 25.7 Å². The van der Waals surface area contributed by atoms with Crippen LogP contribution in [0.1, 0.15) is 30.7 Å². The van der Waals surface area contributed by atoms with Crippen molar-refractivity contribution in [3.8, 4) is 67.0 Å². The second-order valence-electron chi connectivity index (χ2n) is 22.7. The number of allylic oxidation sites excluding steroid dienone is 5. The number of aryl methyl sites for hydroxylation is 1. The molecule has 0 radical (unpaired) electrons. The Morgan fingerprint density at radius 3 is 1.14 bits per heavy atom. The first-order chi connectivity index (χ1) is 41.1. The van der Waals surface area contributed by atoms with Gasteiger partial charge in [-0.3, -0.25) is 4.57 Å². The smallest absolute Gasteiger partial charge is 0.145 e. The fraction of sp³-hybridized carbons (Fsp3) is 0.0494. The zero-order valence-electron chi connectivity index (χ0n) is 45.8. The van der Waals surface area contributed by atoms with Crippen LogP contribution in [-0.2, 0) is 6.42 Å². The molecule has 0 atom stereocenters. The highest BCUT2D eigenvalue weighted by atomic mass is 15.1. The summed E-state index contributed by atoms with van der Waals surface area (Å²) < 4.78 is 2.41. The molecule has 14 aromatic carbocycles. The van der Waals surface area contributed by atoms with Crippen molar-refractivity contribution < 1.29 is 0 Å². The molecule has 2 heteroatoms. The van der Waals surface area contributed by atoms with Crippen molar-refractivity contribution in [1.29, 1.82) is 0 Å². The van der Waals surface area contributed by atoms with Crippen molar-refractivity contribution >= 4 is 98.0 Å². The third-order valence-corrected chi connectivity index (χ3v) is 18.0. The van der Waals surface area contributed by atoms with Gasteiger partial charge in [0, 0.05) is 11.3 Å². The van der Waals surface area contributed by atoms with Gasteiger partial charge in [-0.25, -0.2) is 4.98 Å². The molecule has 1 heterocycles. The van der Waals surface area contributed by atoms with Crippen LogP contribution in [0.5, 0.6) is 0 Å². The lowest BCUT2D eigenvalue weighted by Gasteiger charge is -2.19. The number of aromatic nitrogens is 2. The molecular weight excluding hydrogens is 1000 g/mol. The molecule has 0 fully saturated rings. The molecule has 0 spiro atoms. The second kappa shape index (κ2) is 19.1. The first kappa shape index (κ1) is 47.4. The van der Waals surface area contributed by atoms with E-state index in [-0.39, 0.29) is 0 Å². The second-order valence-corrected chi connectivity index (χ2v) is 22.7. The van der Waals surface area contributed by atoms with Crippen LogP contribution in [0.15, 0.2) is 273 Å². The van der Waals surface area contributed by atoms with Gasteiger partial charge in [-0.05, 0) is 222 Å². The van der Waals surface area contributed by atoms with Crippen LogP contribution in [0.25, 0.3) is 165 Å². The van der Waals surface area contributed by atoms with E-state index in [1.165, 1.54) is 159 Å². The summed E-state index contributed by atoms with van der Waals surface area (Å²) in [5.41, 5.74) is 17.2. The highest BCUT2D eigenvalue weighted by Gasteiger charge is 2.24. The zero-order chi connectivity index (χ0) is 54.5. The van der Waals surface area contributed by atoms with Crippen LogP contribution in [0.2, 0.25) is 0 Å². The molecule has 83 heavy (non-hydrogen) atoms. The fourth-order valence-electron chi connectivity index (χ4n) is 14.0. The summed E-state index contributed by atoms with van der Waals surface area (Å²) in [4.78, 5) is 5.30. The molecule has 15 aromatic rings. The Kier molecular flexibility index (Phi) is 10.9. The summed E-state index contributed by atoms with van der Waals surface area (Å²) in [5, 5.41) is 19.8. The Labute approximate surface area is 481 Å². The molecule has 0 unspecified atom stereocenters. The van der Waals surface area contributed by atoms with E-state index in [9.17, 15) is 0 Å². The summed E-state index contributed by atoms with van der Waals surface area (Å²) >= 11 is 0. The normalized spacial score (nSPS) is 13.3. The standard InChI is InChI=1S/C81H54N2/c1-2-20-66(21-3-1)83-76-29-15-14-28-75(76)82-81(83)65-41-36-58-48-63(40-35-59(58)49-65)78-69-24-10-8-22-67(69)77(68-23-9-11-25-70(68)78)62-39-34-55-44-56(32-33-57(55)47-62)60-42-43-73-74(50-60)80(64-38-31-52-17-5-7-19-54(52)46-64)72-27-13-12-26-71(72)79(73)61-37-30-51-16-4-6-18-53(51)45-61/h1-2,4-13,15-20,22-27,29-50H,3,14,21,28H2. The van der Waals surface area contributed by atoms with Crippen molar-refractivity contribution in [2.75, 3.05) is 0 Å². The van der Waals surface area contributed by atoms with Crippen LogP contribution in [0.4, 0.5) is 0 Å². The maximum Gasteiger partial charge on any atom is 0.145 e. The van der Waals surface area contributed by atoms with E-state index in [0.717, 1.165) is 37.1 Å². The van der Waals surface area contributed by atoms with Gasteiger partial charge < -0.3 is 0 Å². The average molecular weight is 1060 g/mol. The molecule has 0 saturated carbocycles. The van der Waals surface area contributed by atoms with Crippen LogP contribution in [0, 0.1) is 0 Å². The average Bonchev–Trinajstić information content (AvgIpc) is 3.65. The number of hydrogen-bond acceptors (Lipinski definition) is 1. The predicted molar refractivity (Wildman–Crippen MR) is 355 cm³/mol. The topological polar surface area (TPSA) is 17.8 Å². The largest absolute Gasteiger partial charge is 0.296 e. The van der Waals surface area contributed by atoms with E-state index in [2.05, 4.69) is 284 Å². The lowest BCUT2D eigenvalue weighted by Crippen LogP contribution is -2.05. The van der Waals surface area contributed by atoms with E-state index in [1.54, 1.807) is 0 Å². The molecule has 0 N–H and O–H groups in total. The Morgan fingerprint density at radius 2 is 0.651 bits per heavy atom. The summed E-state index contributed by atoms with van der Waals surface area (Å²) in [6.45, 7) is 0. The number of benzene rings is 14. The molecule has 388 valence electrons. The number of rotatable bonds is 7. The fourth-order valence-corrected chi connectivity index (χ4v) is 14.0. The Hall–Kier alpha value is -10.4. The third-order valence-electron chi connectivity index (χ3n) is 18.0. The zero-order valence-corrected chi connectivity index (χ0v) is 45.8. The molecular formula is C81H54N2. The van der Waals surface area contributed by atoms with Gasteiger partial charge in [-0.2, -0.15) is 0 Å². The quantitative estimate of drug-likeness (QED) is 0.145. The monoisotopic (exact) mass is 1050 g/mol. The maximum absolute atomic E-state index is 5.30. The van der Waals surface area contributed by atoms with Gasteiger partial charge in [0.05, 0.1) is 11.4 Å². The number of hydrogen-bond donors (Lipinski definition) is 0. The van der Waals surface area contributed by atoms with E-state index in [1.807, 2.05) is 0 Å². The minimum Gasteiger partial charge on any atom is -0.296 e. The molecule has 0 saturated heterocycles. The summed E-state index contributed by atoms with van der Waals surface area (Å²) in [7, 11) is 0. The molecule has 0 aliphatic heterocycles. The van der Waals surface area contributed by atoms with E-state index in [4.69, 9.17) is 4.98 Å². The minimum absolute atomic E-state index is 0.976. The van der Waals surface area contributed by atoms with Crippen LogP contribution >= 0.6 is 0 Å². The van der Waals surface area contributed by atoms with Crippen molar-refractivity contribution in [3.05, 3.63) is 284 Å². The van der Waals surface area contributed by atoms with Crippen molar-refractivity contribution in [2.24, 2.45) is 0 Å². The van der Waals surface area contributed by atoms with Crippen molar-refractivity contribution in [3.63, 3.8) is 0 Å². The minimum atomic E-state index is 0.976. The predicted octanol–water partition coefficient (Wildman–Crippen LogP) is 22.3. The molecule has 0 amide bonds. The SMILES string of the molecule is C1=CCCC(n2c(-c3ccc4cc(-c5c6ccccc6c(-c6ccc7cc(-c8ccc9c(-c%10ccc%11ccccc%11c%10)c%10ccccc%10c(-c%10ccc%11ccccc%11c%10)c9c8)ccc7c6)c6ccccc56)ccc4c3)nc3c2C=CCC3)=C1. The number of fused-ring (bicyclic) bond motifs is 9. The van der Waals surface area contributed by atoms with E-state index >= 15 is 0 Å².